The lowest BCUT2D eigenvalue weighted by Gasteiger charge is -2.21. The number of methoxy groups -OCH3 is 1. The van der Waals surface area contributed by atoms with Gasteiger partial charge in [-0.25, -0.2) is 18.5 Å². The minimum absolute atomic E-state index is 0.0286. The third kappa shape index (κ3) is 8.78. The maximum Gasteiger partial charge on any atom is 0.306 e. The molecule has 0 spiro atoms. The van der Waals surface area contributed by atoms with E-state index in [1.807, 2.05) is 19.2 Å². The van der Waals surface area contributed by atoms with Gasteiger partial charge in [-0.2, -0.15) is 0 Å². The Hall–Kier alpha value is -3.95. The second-order valence-corrected chi connectivity index (χ2v) is 10.9. The number of hydrogen-bond acceptors (Lipinski definition) is 11. The number of esters is 1. The molecule has 13 nitrogen and oxygen atoms in total. The highest BCUT2D eigenvalue weighted by atomic mass is 32.2. The normalized spacial score (nSPS) is 17.1. The van der Waals surface area contributed by atoms with Gasteiger partial charge in [0.05, 0.1) is 62.4 Å². The number of aromatic nitrogens is 2. The number of para-hydroxylation sites is 1. The maximum atomic E-state index is 13.4. The summed E-state index contributed by atoms with van der Waals surface area (Å²) in [5.41, 5.74) is 8.38. The first-order chi connectivity index (χ1) is 20.9. The molecule has 1 unspecified atom stereocenters. The summed E-state index contributed by atoms with van der Waals surface area (Å²) in [6, 6.07) is 12.3. The standard InChI is InChI=1S/C29H36N6O7S/c1-31-18-21-4-3-5-23-27(21)42-17-16-41-15-14-40-13-12-35(11-10-25(36)39-2)43(38)22-8-6-20(7-9-22)24-19-32-28(30)26(33-24)29(37)34-23/h3-9,19,31H,10-18H2,1-2H3,(H2,30,32)(H,34,37). The van der Waals surface area contributed by atoms with Crippen molar-refractivity contribution >= 4 is 34.4 Å². The number of carbonyl (C=O) groups is 2. The molecule has 0 aliphatic carbocycles. The summed E-state index contributed by atoms with van der Waals surface area (Å²) < 4.78 is 37.2. The topological polar surface area (TPSA) is 167 Å². The Morgan fingerprint density at radius 1 is 1.12 bits per heavy atom. The second-order valence-electron chi connectivity index (χ2n) is 9.37. The molecule has 1 amide bonds. The summed E-state index contributed by atoms with van der Waals surface area (Å²) >= 11 is 0. The molecule has 2 aromatic carbocycles. The van der Waals surface area contributed by atoms with E-state index < -0.39 is 22.9 Å². The van der Waals surface area contributed by atoms with Crippen LogP contribution in [0.1, 0.15) is 22.5 Å². The van der Waals surface area contributed by atoms with Gasteiger partial charge in [0.1, 0.15) is 23.3 Å². The fraction of sp³-hybridized carbons (Fsp3) is 0.379. The van der Waals surface area contributed by atoms with E-state index in [1.54, 1.807) is 34.6 Å². The van der Waals surface area contributed by atoms with Crippen molar-refractivity contribution in [2.24, 2.45) is 0 Å². The number of amides is 1. The fourth-order valence-corrected chi connectivity index (χ4v) is 5.41. The van der Waals surface area contributed by atoms with Gasteiger partial charge in [0.2, 0.25) is 0 Å². The third-order valence-electron chi connectivity index (χ3n) is 6.44. The number of benzene rings is 2. The van der Waals surface area contributed by atoms with E-state index in [-0.39, 0.29) is 44.3 Å². The lowest BCUT2D eigenvalue weighted by Crippen LogP contribution is -2.32. The average molecular weight is 613 g/mol. The van der Waals surface area contributed by atoms with Crippen molar-refractivity contribution in [1.29, 1.82) is 0 Å². The van der Waals surface area contributed by atoms with Crippen LogP contribution in [0.5, 0.6) is 5.75 Å². The van der Waals surface area contributed by atoms with E-state index >= 15 is 0 Å². The number of nitrogens with two attached hydrogens (primary N) is 1. The molecule has 43 heavy (non-hydrogen) atoms. The zero-order chi connectivity index (χ0) is 30.6. The Morgan fingerprint density at radius 3 is 2.60 bits per heavy atom. The molecule has 230 valence electrons. The summed E-state index contributed by atoms with van der Waals surface area (Å²) in [5.74, 6) is -0.470. The van der Waals surface area contributed by atoms with Gasteiger partial charge in [-0.1, -0.05) is 24.3 Å². The van der Waals surface area contributed by atoms with Crippen LogP contribution in [-0.4, -0.2) is 90.6 Å². The number of nitrogens with one attached hydrogen (secondary N) is 2. The number of hydrogen-bond donors (Lipinski definition) is 3. The van der Waals surface area contributed by atoms with Crippen molar-refractivity contribution in [2.45, 2.75) is 17.9 Å². The van der Waals surface area contributed by atoms with Crippen molar-refractivity contribution in [2.75, 3.05) is 71.3 Å². The van der Waals surface area contributed by atoms with Crippen LogP contribution in [0.2, 0.25) is 0 Å². The van der Waals surface area contributed by atoms with Crippen molar-refractivity contribution in [3.8, 4) is 17.0 Å². The zero-order valence-corrected chi connectivity index (χ0v) is 25.0. The Kier molecular flexibility index (Phi) is 11.9. The van der Waals surface area contributed by atoms with Crippen molar-refractivity contribution in [3.63, 3.8) is 0 Å². The summed E-state index contributed by atoms with van der Waals surface area (Å²) in [5, 5.41) is 5.97. The van der Waals surface area contributed by atoms with Gasteiger partial charge in [-0.3, -0.25) is 9.59 Å². The molecule has 0 saturated heterocycles. The summed E-state index contributed by atoms with van der Waals surface area (Å²) in [4.78, 5) is 34.3. The van der Waals surface area contributed by atoms with Crippen LogP contribution in [0, 0.1) is 0 Å². The van der Waals surface area contributed by atoms with Crippen LogP contribution in [0.3, 0.4) is 0 Å². The van der Waals surface area contributed by atoms with Crippen LogP contribution < -0.4 is 21.1 Å². The van der Waals surface area contributed by atoms with E-state index in [0.717, 1.165) is 5.56 Å². The van der Waals surface area contributed by atoms with Crippen LogP contribution in [0.15, 0.2) is 53.6 Å². The molecule has 2 aliphatic heterocycles. The van der Waals surface area contributed by atoms with Crippen LogP contribution in [0.25, 0.3) is 11.3 Å². The van der Waals surface area contributed by atoms with E-state index in [9.17, 15) is 13.8 Å². The number of nitrogens with zero attached hydrogens (tertiary/aromatic N) is 3. The predicted octanol–water partition coefficient (Wildman–Crippen LogP) is 2.01. The Morgan fingerprint density at radius 2 is 1.86 bits per heavy atom. The highest BCUT2D eigenvalue weighted by molar-refractivity contribution is 7.82. The predicted molar refractivity (Wildman–Crippen MR) is 161 cm³/mol. The number of carbonyl (C=O) groups excluding carboxylic acids is 2. The monoisotopic (exact) mass is 612 g/mol. The first kappa shape index (κ1) is 32.0. The van der Waals surface area contributed by atoms with E-state index in [1.165, 1.54) is 13.3 Å². The molecule has 2 aliphatic rings. The number of ether oxygens (including phenoxy) is 4. The average Bonchev–Trinajstić information content (AvgIpc) is 3.02. The highest BCUT2D eigenvalue weighted by Gasteiger charge is 2.20. The molecule has 5 rings (SSSR count). The van der Waals surface area contributed by atoms with Crippen LogP contribution >= 0.6 is 0 Å². The molecule has 14 heteroatoms. The van der Waals surface area contributed by atoms with Gasteiger partial charge in [-0.05, 0) is 25.2 Å². The van der Waals surface area contributed by atoms with E-state index in [2.05, 4.69) is 20.6 Å². The summed E-state index contributed by atoms with van der Waals surface area (Å²) in [6.07, 6.45) is 1.55. The number of nitrogen functional groups attached to an aromatic ring is 1. The minimum Gasteiger partial charge on any atom is -0.489 e. The van der Waals surface area contributed by atoms with Gasteiger partial charge in [0.15, 0.2) is 11.5 Å². The van der Waals surface area contributed by atoms with Crippen molar-refractivity contribution in [3.05, 3.63) is 59.9 Å². The molecule has 1 aromatic heterocycles. The molecule has 3 heterocycles. The molecule has 3 aromatic rings. The highest BCUT2D eigenvalue weighted by Crippen LogP contribution is 2.30. The Labute approximate surface area is 252 Å². The van der Waals surface area contributed by atoms with Gasteiger partial charge in [-0.15, -0.1) is 0 Å². The summed E-state index contributed by atoms with van der Waals surface area (Å²) in [6.45, 7) is 2.51. The van der Waals surface area contributed by atoms with E-state index in [0.29, 0.717) is 53.9 Å². The maximum absolute atomic E-state index is 13.4. The smallest absolute Gasteiger partial charge is 0.306 e. The van der Waals surface area contributed by atoms with Crippen molar-refractivity contribution in [1.82, 2.24) is 19.6 Å². The number of rotatable bonds is 5. The first-order valence-electron chi connectivity index (χ1n) is 13.7. The molecule has 0 saturated carbocycles. The molecular weight excluding hydrogens is 576 g/mol. The molecule has 4 N–H and O–H groups in total. The van der Waals surface area contributed by atoms with Crippen LogP contribution in [-0.2, 0) is 36.5 Å². The largest absolute Gasteiger partial charge is 0.489 e. The Balaban J connectivity index is 1.64. The first-order valence-corrected chi connectivity index (χ1v) is 14.8. The quantitative estimate of drug-likeness (QED) is 0.285. The molecule has 4 bridgehead atoms. The molecular formula is C29H36N6O7S. The number of fused-ring (bicyclic) bond motifs is 13. The molecule has 0 fully saturated rings. The van der Waals surface area contributed by atoms with Crippen LogP contribution in [0.4, 0.5) is 11.5 Å². The molecule has 0 radical (unpaired) electrons. The van der Waals surface area contributed by atoms with Gasteiger partial charge >= 0.3 is 5.97 Å². The van der Waals surface area contributed by atoms with Crippen molar-refractivity contribution < 1.29 is 32.7 Å². The minimum atomic E-state index is -1.58. The second kappa shape index (κ2) is 16.0. The SMILES string of the molecule is CNCc1cccc2c1OCCOCCOCCN(CCC(=O)OC)S(=O)c1ccc(cc1)-c1cnc(N)c(n1)C(=O)N2. The summed E-state index contributed by atoms with van der Waals surface area (Å²) in [7, 11) is 1.56. The van der Waals surface area contributed by atoms with Gasteiger partial charge < -0.3 is 35.3 Å². The molecule has 1 atom stereocenters. The van der Waals surface area contributed by atoms with E-state index in [4.69, 9.17) is 24.7 Å². The van der Waals surface area contributed by atoms with Gasteiger partial charge in [0, 0.05) is 30.8 Å². The lowest BCUT2D eigenvalue weighted by molar-refractivity contribution is -0.140. The third-order valence-corrected chi connectivity index (χ3v) is 7.95. The zero-order valence-electron chi connectivity index (χ0n) is 24.2. The Bertz CT molecular complexity index is 1420. The number of anilines is 2. The lowest BCUT2D eigenvalue weighted by atomic mass is 10.1. The fourth-order valence-electron chi connectivity index (χ4n) is 4.25. The van der Waals surface area contributed by atoms with Gasteiger partial charge in [0.25, 0.3) is 5.91 Å².